The molecular formula is C25H22N6O5. The smallest absolute Gasteiger partial charge is 0.341 e. The maximum atomic E-state index is 12.8. The van der Waals surface area contributed by atoms with Crippen molar-refractivity contribution in [3.63, 3.8) is 0 Å². The molecule has 2 N–H and O–H groups in total. The van der Waals surface area contributed by atoms with E-state index in [0.29, 0.717) is 52.4 Å². The molecule has 3 heterocycles. The quantitative estimate of drug-likeness (QED) is 0.226. The summed E-state index contributed by atoms with van der Waals surface area (Å²) < 4.78 is 12.6. The third-order valence-electron chi connectivity index (χ3n) is 5.91. The second-order valence-electron chi connectivity index (χ2n) is 8.14. The van der Waals surface area contributed by atoms with Gasteiger partial charge < -0.3 is 19.8 Å². The summed E-state index contributed by atoms with van der Waals surface area (Å²) in [7, 11) is 1.45. The normalized spacial score (nSPS) is 12.8. The molecule has 2 aromatic carbocycles. The second-order valence-corrected chi connectivity index (χ2v) is 8.14. The number of fused-ring (bicyclic) bond motifs is 2. The van der Waals surface area contributed by atoms with E-state index in [1.165, 1.54) is 13.4 Å². The number of hydrogen-bond acceptors (Lipinski definition) is 9. The fourth-order valence-electron chi connectivity index (χ4n) is 4.12. The van der Waals surface area contributed by atoms with Crippen molar-refractivity contribution in [1.29, 1.82) is 0 Å². The zero-order valence-corrected chi connectivity index (χ0v) is 19.4. The Balaban J connectivity index is 1.24. The molecule has 36 heavy (non-hydrogen) atoms. The number of nitrogens with two attached hydrogens (primary N) is 1. The minimum absolute atomic E-state index is 0.0231. The number of carbonyl (C=O) groups is 3. The summed E-state index contributed by atoms with van der Waals surface area (Å²) in [6.45, 7) is 0.678. The van der Waals surface area contributed by atoms with E-state index in [2.05, 4.69) is 15.0 Å². The van der Waals surface area contributed by atoms with Crippen LogP contribution in [0.5, 0.6) is 5.75 Å². The summed E-state index contributed by atoms with van der Waals surface area (Å²) in [5, 5.41) is 0. The first-order valence-electron chi connectivity index (χ1n) is 11.2. The highest BCUT2D eigenvalue weighted by Crippen LogP contribution is 2.27. The van der Waals surface area contributed by atoms with E-state index in [1.54, 1.807) is 48.8 Å². The van der Waals surface area contributed by atoms with Crippen LogP contribution in [0.1, 0.15) is 43.1 Å². The van der Waals surface area contributed by atoms with Gasteiger partial charge in [-0.2, -0.15) is 0 Å². The van der Waals surface area contributed by atoms with Crippen LogP contribution in [-0.4, -0.2) is 55.9 Å². The lowest BCUT2D eigenvalue weighted by Crippen LogP contribution is -2.29. The van der Waals surface area contributed by atoms with Crippen LogP contribution in [0.2, 0.25) is 0 Å². The Morgan fingerprint density at radius 1 is 1.03 bits per heavy atom. The number of aryl methyl sites for hydroxylation is 1. The lowest BCUT2D eigenvalue weighted by atomic mass is 10.1. The van der Waals surface area contributed by atoms with Crippen LogP contribution in [0.15, 0.2) is 55.1 Å². The zero-order chi connectivity index (χ0) is 25.2. The Morgan fingerprint density at radius 2 is 1.78 bits per heavy atom. The molecule has 0 unspecified atom stereocenters. The molecule has 1 aliphatic rings. The molecule has 0 atom stereocenters. The number of benzene rings is 2. The lowest BCUT2D eigenvalue weighted by molar-refractivity contribution is 0.0492. The van der Waals surface area contributed by atoms with Crippen LogP contribution in [0.25, 0.3) is 11.2 Å². The van der Waals surface area contributed by atoms with E-state index in [-0.39, 0.29) is 30.5 Å². The largest absolute Gasteiger partial charge is 0.496 e. The number of methoxy groups -OCH3 is 1. The average Bonchev–Trinajstić information content (AvgIpc) is 3.42. The van der Waals surface area contributed by atoms with Gasteiger partial charge in [-0.25, -0.2) is 19.7 Å². The molecule has 4 aromatic rings. The summed E-state index contributed by atoms with van der Waals surface area (Å²) >= 11 is 0. The third kappa shape index (κ3) is 4.11. The fraction of sp³-hybridized carbons (Fsp3) is 0.200. The van der Waals surface area contributed by atoms with Gasteiger partial charge in [0.1, 0.15) is 23.2 Å². The zero-order valence-electron chi connectivity index (χ0n) is 19.4. The number of imidazole rings is 1. The molecule has 0 spiro atoms. The van der Waals surface area contributed by atoms with Gasteiger partial charge in [-0.05, 0) is 36.2 Å². The van der Waals surface area contributed by atoms with Gasteiger partial charge in [-0.1, -0.05) is 18.2 Å². The number of aromatic nitrogens is 4. The number of carbonyl (C=O) groups excluding carboxylic acids is 3. The minimum Gasteiger partial charge on any atom is -0.496 e. The Labute approximate surface area is 205 Å². The van der Waals surface area contributed by atoms with Crippen molar-refractivity contribution in [3.05, 3.63) is 77.4 Å². The summed E-state index contributed by atoms with van der Waals surface area (Å²) in [6.07, 6.45) is 3.50. The molecule has 182 valence electrons. The van der Waals surface area contributed by atoms with Gasteiger partial charge in [0.25, 0.3) is 11.8 Å². The number of nitrogen functional groups attached to an aromatic ring is 1. The van der Waals surface area contributed by atoms with E-state index in [0.717, 1.165) is 4.90 Å². The first-order chi connectivity index (χ1) is 17.5. The van der Waals surface area contributed by atoms with Gasteiger partial charge in [0.05, 0.1) is 37.7 Å². The monoisotopic (exact) mass is 486 g/mol. The van der Waals surface area contributed by atoms with Crippen molar-refractivity contribution in [2.75, 3.05) is 19.5 Å². The molecule has 2 amide bonds. The van der Waals surface area contributed by atoms with Gasteiger partial charge in [-0.15, -0.1) is 0 Å². The number of ether oxygens (including phenoxy) is 2. The number of anilines is 1. The molecule has 0 bridgehead atoms. The number of amides is 2. The number of imide groups is 1. The van der Waals surface area contributed by atoms with E-state index in [4.69, 9.17) is 15.2 Å². The third-order valence-corrected chi connectivity index (χ3v) is 5.91. The first-order valence-corrected chi connectivity index (χ1v) is 11.2. The van der Waals surface area contributed by atoms with Gasteiger partial charge in [0, 0.05) is 6.54 Å². The summed E-state index contributed by atoms with van der Waals surface area (Å²) in [4.78, 5) is 51.7. The molecule has 0 saturated heterocycles. The van der Waals surface area contributed by atoms with Crippen molar-refractivity contribution in [1.82, 2.24) is 24.4 Å². The Bertz CT molecular complexity index is 1460. The van der Waals surface area contributed by atoms with Crippen molar-refractivity contribution >= 4 is 34.8 Å². The van der Waals surface area contributed by atoms with E-state index in [9.17, 15) is 14.4 Å². The number of esters is 1. The maximum Gasteiger partial charge on any atom is 0.341 e. The maximum absolute atomic E-state index is 12.8. The molecule has 11 heteroatoms. The molecule has 0 saturated carbocycles. The van der Waals surface area contributed by atoms with Crippen LogP contribution in [0, 0.1) is 0 Å². The molecule has 5 rings (SSSR count). The topological polar surface area (TPSA) is 143 Å². The number of nitrogens with zero attached hydrogens (tertiary/aromatic N) is 5. The molecule has 0 radical (unpaired) electrons. The van der Waals surface area contributed by atoms with Crippen molar-refractivity contribution in [3.8, 4) is 5.75 Å². The summed E-state index contributed by atoms with van der Waals surface area (Å²) in [6, 6.07) is 11.6. The summed E-state index contributed by atoms with van der Waals surface area (Å²) in [5.74, 6) is -0.667. The molecule has 1 aliphatic heterocycles. The summed E-state index contributed by atoms with van der Waals surface area (Å²) in [5.41, 5.74) is 8.49. The van der Waals surface area contributed by atoms with Crippen LogP contribution >= 0.6 is 0 Å². The molecular weight excluding hydrogens is 464 g/mol. The fourth-order valence-corrected chi connectivity index (χ4v) is 4.12. The SMILES string of the molecule is COc1ccc(CN2C(=O)c3ccccc3C2=O)cc1C(=O)OCCCn1cnc2c(N)ncnc21. The van der Waals surface area contributed by atoms with E-state index < -0.39 is 5.97 Å². The molecule has 0 fully saturated rings. The predicted octanol–water partition coefficient (Wildman–Crippen LogP) is 2.46. The Kier molecular flexibility index (Phi) is 6.03. The second kappa shape index (κ2) is 9.45. The number of hydrogen-bond donors (Lipinski definition) is 1. The van der Waals surface area contributed by atoms with Gasteiger partial charge in [0.2, 0.25) is 0 Å². The van der Waals surface area contributed by atoms with Crippen molar-refractivity contribution < 1.29 is 23.9 Å². The highest BCUT2D eigenvalue weighted by Gasteiger charge is 2.35. The van der Waals surface area contributed by atoms with Crippen LogP contribution in [0.3, 0.4) is 0 Å². The Morgan fingerprint density at radius 3 is 2.50 bits per heavy atom. The number of rotatable bonds is 8. The van der Waals surface area contributed by atoms with E-state index in [1.807, 2.05) is 4.57 Å². The first kappa shape index (κ1) is 23.0. The Hall–Kier alpha value is -4.80. The van der Waals surface area contributed by atoms with Crippen molar-refractivity contribution in [2.24, 2.45) is 0 Å². The van der Waals surface area contributed by atoms with Crippen molar-refractivity contribution in [2.45, 2.75) is 19.5 Å². The van der Waals surface area contributed by atoms with Crippen LogP contribution < -0.4 is 10.5 Å². The predicted molar refractivity (Wildman–Crippen MR) is 128 cm³/mol. The highest BCUT2D eigenvalue weighted by molar-refractivity contribution is 6.21. The minimum atomic E-state index is -0.571. The average molecular weight is 486 g/mol. The van der Waals surface area contributed by atoms with Gasteiger partial charge in [-0.3, -0.25) is 14.5 Å². The van der Waals surface area contributed by atoms with Crippen LogP contribution in [-0.2, 0) is 17.8 Å². The van der Waals surface area contributed by atoms with Gasteiger partial charge >= 0.3 is 5.97 Å². The molecule has 11 nitrogen and oxygen atoms in total. The highest BCUT2D eigenvalue weighted by atomic mass is 16.5. The van der Waals surface area contributed by atoms with Gasteiger partial charge in [0.15, 0.2) is 11.5 Å². The van der Waals surface area contributed by atoms with Crippen LogP contribution in [0.4, 0.5) is 5.82 Å². The van der Waals surface area contributed by atoms with E-state index >= 15 is 0 Å². The molecule has 2 aromatic heterocycles. The standard InChI is InChI=1S/C25H22N6O5/c1-35-19-8-7-15(12-31-23(32)16-5-2-3-6-17(16)24(31)33)11-18(19)25(34)36-10-4-9-30-14-29-20-21(26)27-13-28-22(20)30/h2-3,5-8,11,13-14H,4,9-10,12H2,1H3,(H2,26,27,28). The molecule has 0 aliphatic carbocycles. The lowest BCUT2D eigenvalue weighted by Gasteiger charge is -2.16.